The summed E-state index contributed by atoms with van der Waals surface area (Å²) < 4.78 is 0.447. The van der Waals surface area contributed by atoms with Crippen LogP contribution in [0.3, 0.4) is 0 Å². The van der Waals surface area contributed by atoms with E-state index in [2.05, 4.69) is 10.3 Å². The van der Waals surface area contributed by atoms with Gasteiger partial charge in [-0.05, 0) is 48.0 Å². The SMILES string of the molecule is O=C(Nc1cccc(/C=C2\SC(=S)N(c3cccnc3)C2=O)c1)c1ccccc1Cl. The summed E-state index contributed by atoms with van der Waals surface area (Å²) in [5.74, 6) is -0.510. The van der Waals surface area contributed by atoms with Crippen LogP contribution in [0.15, 0.2) is 78.0 Å². The van der Waals surface area contributed by atoms with Gasteiger partial charge in [0.25, 0.3) is 11.8 Å². The highest BCUT2D eigenvalue weighted by Gasteiger charge is 2.33. The number of aromatic nitrogens is 1. The number of pyridine rings is 1. The van der Waals surface area contributed by atoms with Crippen molar-refractivity contribution < 1.29 is 9.59 Å². The number of nitrogens with one attached hydrogen (secondary N) is 1. The second kappa shape index (κ2) is 8.79. The number of halogens is 1. The molecule has 4 rings (SSSR count). The number of anilines is 2. The predicted octanol–water partition coefficient (Wildman–Crippen LogP) is 5.39. The first-order valence-corrected chi connectivity index (χ1v) is 10.5. The van der Waals surface area contributed by atoms with Crippen molar-refractivity contribution in [2.24, 2.45) is 0 Å². The average Bonchev–Trinajstić information content (AvgIpc) is 3.02. The standard InChI is InChI=1S/C22H14ClN3O2S2/c23-18-9-2-1-8-17(18)20(27)25-15-6-3-5-14(11-15)12-19-21(28)26(22(29)30-19)16-7-4-10-24-13-16/h1-13H,(H,25,27)/b19-12-. The van der Waals surface area contributed by atoms with Crippen molar-refractivity contribution in [3.05, 3.63) is 94.1 Å². The van der Waals surface area contributed by atoms with Crippen molar-refractivity contribution in [1.82, 2.24) is 4.98 Å². The monoisotopic (exact) mass is 451 g/mol. The molecule has 8 heteroatoms. The van der Waals surface area contributed by atoms with E-state index in [-0.39, 0.29) is 11.8 Å². The van der Waals surface area contributed by atoms with Crippen molar-refractivity contribution in [3.63, 3.8) is 0 Å². The van der Waals surface area contributed by atoms with Crippen molar-refractivity contribution in [2.75, 3.05) is 10.2 Å². The number of hydrogen-bond acceptors (Lipinski definition) is 5. The van der Waals surface area contributed by atoms with E-state index in [1.54, 1.807) is 73.1 Å². The average molecular weight is 452 g/mol. The van der Waals surface area contributed by atoms with Crippen molar-refractivity contribution in [3.8, 4) is 0 Å². The highest BCUT2D eigenvalue weighted by molar-refractivity contribution is 8.27. The number of rotatable bonds is 4. The molecule has 0 aliphatic carbocycles. The van der Waals surface area contributed by atoms with E-state index in [0.29, 0.717) is 31.2 Å². The lowest BCUT2D eigenvalue weighted by Gasteiger charge is -2.13. The minimum atomic E-state index is -0.305. The van der Waals surface area contributed by atoms with Crippen LogP contribution in [-0.2, 0) is 4.79 Å². The van der Waals surface area contributed by atoms with Gasteiger partial charge in [0.1, 0.15) is 0 Å². The Morgan fingerprint density at radius 3 is 2.73 bits per heavy atom. The Morgan fingerprint density at radius 1 is 1.13 bits per heavy atom. The van der Waals surface area contributed by atoms with Gasteiger partial charge in [0.05, 0.1) is 27.4 Å². The Labute approximate surface area is 187 Å². The maximum atomic E-state index is 12.8. The topological polar surface area (TPSA) is 62.3 Å². The van der Waals surface area contributed by atoms with Gasteiger partial charge in [-0.3, -0.25) is 19.5 Å². The molecule has 1 aromatic heterocycles. The molecule has 2 heterocycles. The Balaban J connectivity index is 1.55. The van der Waals surface area contributed by atoms with Crippen LogP contribution >= 0.6 is 35.6 Å². The molecule has 0 unspecified atom stereocenters. The molecule has 2 aromatic carbocycles. The quantitative estimate of drug-likeness (QED) is 0.425. The summed E-state index contributed by atoms with van der Waals surface area (Å²) in [5.41, 5.74) is 2.38. The van der Waals surface area contributed by atoms with Gasteiger partial charge in [-0.2, -0.15) is 0 Å². The number of amides is 2. The minimum absolute atomic E-state index is 0.205. The number of carbonyl (C=O) groups excluding carboxylic acids is 2. The summed E-state index contributed by atoms with van der Waals surface area (Å²) in [5, 5.41) is 3.21. The first-order valence-electron chi connectivity index (χ1n) is 8.87. The highest BCUT2D eigenvalue weighted by atomic mass is 35.5. The first kappa shape index (κ1) is 20.3. The van der Waals surface area contributed by atoms with Gasteiger partial charge in [-0.25, -0.2) is 0 Å². The van der Waals surface area contributed by atoms with Crippen molar-refractivity contribution >= 4 is 69.2 Å². The Bertz CT molecular complexity index is 1180. The fraction of sp³-hybridized carbons (Fsp3) is 0. The zero-order chi connectivity index (χ0) is 21.1. The van der Waals surface area contributed by atoms with E-state index in [4.69, 9.17) is 23.8 Å². The normalized spacial score (nSPS) is 15.0. The molecule has 148 valence electrons. The van der Waals surface area contributed by atoms with E-state index in [9.17, 15) is 9.59 Å². The Kier molecular flexibility index (Phi) is 5.94. The lowest BCUT2D eigenvalue weighted by atomic mass is 10.1. The van der Waals surface area contributed by atoms with Crippen LogP contribution in [0.5, 0.6) is 0 Å². The molecule has 2 amide bonds. The summed E-state index contributed by atoms with van der Waals surface area (Å²) in [6.45, 7) is 0. The predicted molar refractivity (Wildman–Crippen MR) is 126 cm³/mol. The number of thiocarbonyl (C=S) groups is 1. The molecule has 0 spiro atoms. The van der Waals surface area contributed by atoms with Crippen molar-refractivity contribution in [1.29, 1.82) is 0 Å². The zero-order valence-corrected chi connectivity index (χ0v) is 17.8. The van der Waals surface area contributed by atoms with Gasteiger partial charge in [0, 0.05) is 11.9 Å². The molecule has 0 atom stereocenters. The highest BCUT2D eigenvalue weighted by Crippen LogP contribution is 2.35. The van der Waals surface area contributed by atoms with Crippen LogP contribution < -0.4 is 10.2 Å². The molecular weight excluding hydrogens is 438 g/mol. The van der Waals surface area contributed by atoms with E-state index in [1.165, 1.54) is 16.7 Å². The summed E-state index contributed by atoms with van der Waals surface area (Å²) in [6.07, 6.45) is 4.98. The molecule has 30 heavy (non-hydrogen) atoms. The summed E-state index contributed by atoms with van der Waals surface area (Å²) in [6, 6.07) is 17.6. The minimum Gasteiger partial charge on any atom is -0.322 e. The van der Waals surface area contributed by atoms with E-state index < -0.39 is 0 Å². The van der Waals surface area contributed by atoms with Crippen LogP contribution in [0, 0.1) is 0 Å². The molecule has 0 bridgehead atoms. The van der Waals surface area contributed by atoms with Gasteiger partial charge in [-0.15, -0.1) is 0 Å². The second-order valence-electron chi connectivity index (χ2n) is 6.29. The fourth-order valence-corrected chi connectivity index (χ4v) is 4.40. The number of thioether (sulfide) groups is 1. The molecule has 1 aliphatic heterocycles. The second-order valence-corrected chi connectivity index (χ2v) is 8.37. The number of carbonyl (C=O) groups is 2. The van der Waals surface area contributed by atoms with Gasteiger partial charge < -0.3 is 5.32 Å². The number of hydrogen-bond donors (Lipinski definition) is 1. The molecule has 0 saturated carbocycles. The van der Waals surface area contributed by atoms with E-state index >= 15 is 0 Å². The fourth-order valence-electron chi connectivity index (χ4n) is 2.88. The molecule has 1 fully saturated rings. The summed E-state index contributed by atoms with van der Waals surface area (Å²) in [7, 11) is 0. The van der Waals surface area contributed by atoms with Crippen molar-refractivity contribution in [2.45, 2.75) is 0 Å². The lowest BCUT2D eigenvalue weighted by molar-refractivity contribution is -0.113. The van der Waals surface area contributed by atoms with Gasteiger partial charge in [-0.1, -0.05) is 59.8 Å². The van der Waals surface area contributed by atoms with Crippen LogP contribution in [0.2, 0.25) is 5.02 Å². The van der Waals surface area contributed by atoms with Crippen LogP contribution in [-0.4, -0.2) is 21.1 Å². The number of nitrogens with zero attached hydrogens (tertiary/aromatic N) is 2. The maximum Gasteiger partial charge on any atom is 0.270 e. The van der Waals surface area contributed by atoms with Crippen LogP contribution in [0.4, 0.5) is 11.4 Å². The smallest absolute Gasteiger partial charge is 0.270 e. The van der Waals surface area contributed by atoms with Crippen LogP contribution in [0.25, 0.3) is 6.08 Å². The van der Waals surface area contributed by atoms with Gasteiger partial charge in [0.2, 0.25) is 0 Å². The molecule has 1 N–H and O–H groups in total. The van der Waals surface area contributed by atoms with Crippen LogP contribution in [0.1, 0.15) is 15.9 Å². The third-order valence-electron chi connectivity index (χ3n) is 4.26. The maximum absolute atomic E-state index is 12.8. The first-order chi connectivity index (χ1) is 14.5. The van der Waals surface area contributed by atoms with Gasteiger partial charge in [0.15, 0.2) is 4.32 Å². The lowest BCUT2D eigenvalue weighted by Crippen LogP contribution is -2.27. The summed E-state index contributed by atoms with van der Waals surface area (Å²) in [4.78, 5) is 31.3. The molecule has 5 nitrogen and oxygen atoms in total. The molecular formula is C22H14ClN3O2S2. The summed E-state index contributed by atoms with van der Waals surface area (Å²) >= 11 is 12.7. The Morgan fingerprint density at radius 2 is 1.97 bits per heavy atom. The third-order valence-corrected chi connectivity index (χ3v) is 5.89. The number of benzene rings is 2. The van der Waals surface area contributed by atoms with Gasteiger partial charge >= 0.3 is 0 Å². The molecule has 3 aromatic rings. The molecule has 0 radical (unpaired) electrons. The zero-order valence-electron chi connectivity index (χ0n) is 15.4. The Hall–Kier alpha value is -3.00. The third kappa shape index (κ3) is 4.28. The van der Waals surface area contributed by atoms with E-state index in [1.807, 2.05) is 6.07 Å². The largest absolute Gasteiger partial charge is 0.322 e. The van der Waals surface area contributed by atoms with E-state index in [0.717, 1.165) is 5.56 Å². The molecule has 1 saturated heterocycles. The molecule has 1 aliphatic rings.